The number of halogens is 1. The van der Waals surface area contributed by atoms with Gasteiger partial charge in [-0.25, -0.2) is 4.79 Å². The first-order valence-corrected chi connectivity index (χ1v) is 18.3. The maximum Gasteiger partial charge on any atom is 0.508 e. The molecule has 2 aliphatic heterocycles. The minimum Gasteiger partial charge on any atom is -0.490 e. The van der Waals surface area contributed by atoms with Gasteiger partial charge in [0.05, 0.1) is 44.3 Å². The fraction of sp³-hybridized carbons (Fsp3) is 0.639. The van der Waals surface area contributed by atoms with Gasteiger partial charge in [-0.1, -0.05) is 17.7 Å². The Bertz CT molecular complexity index is 1360. The summed E-state index contributed by atoms with van der Waals surface area (Å²) in [6.07, 6.45) is 3.42. The maximum atomic E-state index is 12.8. The van der Waals surface area contributed by atoms with Crippen molar-refractivity contribution < 1.29 is 47.9 Å². The molecule has 0 spiro atoms. The van der Waals surface area contributed by atoms with Crippen LogP contribution in [-0.2, 0) is 35.1 Å². The van der Waals surface area contributed by atoms with Crippen LogP contribution in [0.3, 0.4) is 0 Å². The molecule has 2 aromatic rings. The summed E-state index contributed by atoms with van der Waals surface area (Å²) in [5.41, 5.74) is 2.04. The van der Waals surface area contributed by atoms with Crippen LogP contribution in [0.25, 0.3) is 0 Å². The first-order chi connectivity index (χ1) is 24.9. The lowest BCUT2D eigenvalue weighted by atomic mass is 9.94. The number of fused-ring (bicyclic) bond motifs is 1. The molecule has 2 aromatic carbocycles. The highest BCUT2D eigenvalue weighted by Gasteiger charge is 2.40. The normalized spacial score (nSPS) is 23.1. The molecule has 0 amide bonds. The van der Waals surface area contributed by atoms with Gasteiger partial charge >= 0.3 is 6.16 Å². The van der Waals surface area contributed by atoms with Gasteiger partial charge in [0.2, 0.25) is 0 Å². The zero-order chi connectivity index (χ0) is 35.8. The highest BCUT2D eigenvalue weighted by molar-refractivity contribution is 6.30. The topological polar surface area (TPSA) is 149 Å². The quantitative estimate of drug-likeness (QED) is 0.0810. The van der Waals surface area contributed by atoms with Crippen molar-refractivity contribution in [2.45, 2.75) is 88.5 Å². The Morgan fingerprint density at radius 1 is 0.980 bits per heavy atom. The number of nitrogens with zero attached hydrogens (tertiary/aromatic N) is 2. The largest absolute Gasteiger partial charge is 0.508 e. The fourth-order valence-corrected chi connectivity index (χ4v) is 6.69. The monoisotopic (exact) mass is 735 g/mol. The molecule has 2 heterocycles. The van der Waals surface area contributed by atoms with Crippen molar-refractivity contribution in [1.29, 1.82) is 0 Å². The summed E-state index contributed by atoms with van der Waals surface area (Å²) in [5, 5.41) is 13.5. The van der Waals surface area contributed by atoms with Gasteiger partial charge in [-0.3, -0.25) is 0 Å². The van der Waals surface area contributed by atoms with Crippen LogP contribution in [0, 0.1) is 10.1 Å². The molecule has 1 saturated carbocycles. The zero-order valence-electron chi connectivity index (χ0n) is 29.2. The summed E-state index contributed by atoms with van der Waals surface area (Å²) < 4.78 is 41.8. The van der Waals surface area contributed by atoms with Gasteiger partial charge in [-0.15, -0.1) is 10.1 Å². The van der Waals surface area contributed by atoms with Crippen molar-refractivity contribution in [2.24, 2.45) is 0 Å². The van der Waals surface area contributed by atoms with E-state index in [0.29, 0.717) is 57.2 Å². The minimum absolute atomic E-state index is 0.00659. The molecule has 51 heavy (non-hydrogen) atoms. The standard InChI is InChI=1S/C36H50ClN3O11/c1-44-18-5-16-39-17-21-45-32-15-6-26(22-31(32)39)25-47-33-23-38-24-34(51-36(41)46-19-3-2-4-20-48-40(42)43)35(33)50-30-13-11-29(12-14-30)49-28-9-7-27(37)8-10-28/h6-10,15,22,29-30,33-35,38H,2-5,11-14,16-21,23-25H2,1H3. The minimum atomic E-state index is -0.816. The molecule has 282 valence electrons. The number of carbonyl (C=O) groups is 1. The predicted octanol–water partition coefficient (Wildman–Crippen LogP) is 5.74. The zero-order valence-corrected chi connectivity index (χ0v) is 30.0. The van der Waals surface area contributed by atoms with Gasteiger partial charge in [-0.2, -0.15) is 0 Å². The fourth-order valence-electron chi connectivity index (χ4n) is 6.57. The molecule has 3 aliphatic rings. The van der Waals surface area contributed by atoms with Crippen molar-refractivity contribution in [2.75, 3.05) is 64.6 Å². The number of piperidine rings is 1. The van der Waals surface area contributed by atoms with E-state index < -0.39 is 29.6 Å². The summed E-state index contributed by atoms with van der Waals surface area (Å²) in [7, 11) is 1.71. The number of unbranched alkanes of at least 4 members (excludes halogenated alkanes) is 2. The Morgan fingerprint density at radius 3 is 2.53 bits per heavy atom. The number of benzene rings is 2. The number of nitrogens with one attached hydrogen (secondary N) is 1. The second-order valence-electron chi connectivity index (χ2n) is 12.9. The smallest absolute Gasteiger partial charge is 0.490 e. The van der Waals surface area contributed by atoms with Crippen molar-refractivity contribution in [3.63, 3.8) is 0 Å². The number of ether oxygens (including phenoxy) is 7. The molecular weight excluding hydrogens is 686 g/mol. The highest BCUT2D eigenvalue weighted by atomic mass is 35.5. The second-order valence-corrected chi connectivity index (χ2v) is 13.4. The SMILES string of the molecule is COCCCN1CCOc2ccc(COC3CNCC(OC(=O)OCCCCCO[N+](=O)[O-])C3OC3CCC(Oc4ccc(Cl)cc4)CC3)cc21. The van der Waals surface area contributed by atoms with Crippen molar-refractivity contribution >= 4 is 23.4 Å². The van der Waals surface area contributed by atoms with E-state index in [4.69, 9.17) is 44.8 Å². The number of hydrogen-bond acceptors (Lipinski definition) is 13. The van der Waals surface area contributed by atoms with Crippen LogP contribution in [0.5, 0.6) is 11.5 Å². The van der Waals surface area contributed by atoms with E-state index >= 15 is 0 Å². The van der Waals surface area contributed by atoms with E-state index in [1.54, 1.807) is 7.11 Å². The summed E-state index contributed by atoms with van der Waals surface area (Å²) in [4.78, 5) is 29.7. The molecule has 0 bridgehead atoms. The van der Waals surface area contributed by atoms with E-state index in [0.717, 1.165) is 67.9 Å². The van der Waals surface area contributed by atoms with Gasteiger partial charge < -0.3 is 48.2 Å². The van der Waals surface area contributed by atoms with E-state index in [1.807, 2.05) is 36.4 Å². The molecule has 3 unspecified atom stereocenters. The molecule has 0 aromatic heterocycles. The maximum absolute atomic E-state index is 12.8. The average Bonchev–Trinajstić information content (AvgIpc) is 3.13. The van der Waals surface area contributed by atoms with E-state index in [1.165, 1.54) is 0 Å². The van der Waals surface area contributed by atoms with Crippen molar-refractivity contribution in [1.82, 2.24) is 5.32 Å². The van der Waals surface area contributed by atoms with E-state index in [-0.39, 0.29) is 25.4 Å². The highest BCUT2D eigenvalue weighted by Crippen LogP contribution is 2.34. The lowest BCUT2D eigenvalue weighted by Crippen LogP contribution is -2.58. The molecule has 1 saturated heterocycles. The molecule has 2 fully saturated rings. The van der Waals surface area contributed by atoms with Crippen LogP contribution in [0.2, 0.25) is 5.02 Å². The molecular formula is C36H50ClN3O11. The number of rotatable bonds is 19. The molecule has 15 heteroatoms. The summed E-state index contributed by atoms with van der Waals surface area (Å²) in [6, 6.07) is 13.5. The number of anilines is 1. The van der Waals surface area contributed by atoms with Crippen LogP contribution in [-0.4, -0.2) is 101 Å². The van der Waals surface area contributed by atoms with Gasteiger partial charge in [-0.05, 0) is 93.3 Å². The van der Waals surface area contributed by atoms with Crippen LogP contribution in [0.1, 0.15) is 56.9 Å². The van der Waals surface area contributed by atoms with Crippen LogP contribution >= 0.6 is 11.6 Å². The predicted molar refractivity (Wildman–Crippen MR) is 188 cm³/mol. The third-order valence-electron chi connectivity index (χ3n) is 9.19. The summed E-state index contributed by atoms with van der Waals surface area (Å²) in [5.74, 6) is 1.65. The Morgan fingerprint density at radius 2 is 1.75 bits per heavy atom. The first kappa shape index (κ1) is 38.7. The second kappa shape index (κ2) is 20.5. The summed E-state index contributed by atoms with van der Waals surface area (Å²) in [6.45, 7) is 4.40. The third-order valence-corrected chi connectivity index (χ3v) is 9.44. The van der Waals surface area contributed by atoms with Crippen LogP contribution in [0.15, 0.2) is 42.5 Å². The van der Waals surface area contributed by atoms with Crippen molar-refractivity contribution in [3.8, 4) is 11.5 Å². The third kappa shape index (κ3) is 12.6. The van der Waals surface area contributed by atoms with Crippen LogP contribution in [0.4, 0.5) is 10.5 Å². The summed E-state index contributed by atoms with van der Waals surface area (Å²) >= 11 is 6.03. The molecule has 0 radical (unpaired) electrons. The van der Waals surface area contributed by atoms with E-state index in [9.17, 15) is 14.9 Å². The lowest BCUT2D eigenvalue weighted by molar-refractivity contribution is -0.757. The van der Waals surface area contributed by atoms with Crippen LogP contribution < -0.4 is 19.7 Å². The van der Waals surface area contributed by atoms with E-state index in [2.05, 4.69) is 21.1 Å². The van der Waals surface area contributed by atoms with Crippen molar-refractivity contribution in [3.05, 3.63) is 63.2 Å². The average molecular weight is 736 g/mol. The Hall–Kier alpha value is -3.56. The number of hydrogen-bond donors (Lipinski definition) is 1. The molecule has 3 atom stereocenters. The molecule has 1 N–H and O–H groups in total. The van der Waals surface area contributed by atoms with Gasteiger partial charge in [0.25, 0.3) is 5.09 Å². The first-order valence-electron chi connectivity index (χ1n) is 17.9. The lowest BCUT2D eigenvalue weighted by Gasteiger charge is -2.40. The Balaban J connectivity index is 1.18. The van der Waals surface area contributed by atoms with Gasteiger partial charge in [0.15, 0.2) is 0 Å². The molecule has 1 aliphatic carbocycles. The number of carbonyl (C=O) groups excluding carboxylic acids is 1. The Kier molecular flexibility index (Phi) is 15.5. The van der Waals surface area contributed by atoms with Gasteiger partial charge in [0.1, 0.15) is 36.4 Å². The number of methoxy groups -OCH3 is 1. The van der Waals surface area contributed by atoms with Gasteiger partial charge in [0, 0.05) is 38.4 Å². The molecule has 5 rings (SSSR count). The Labute approximate surface area is 304 Å². The molecule has 14 nitrogen and oxygen atoms in total.